The summed E-state index contributed by atoms with van der Waals surface area (Å²) >= 11 is 0. The van der Waals surface area contributed by atoms with E-state index >= 15 is 0 Å². The number of nitrogens with zero attached hydrogens (tertiary/aromatic N) is 1. The summed E-state index contributed by atoms with van der Waals surface area (Å²) in [5.41, 5.74) is 3.31. The summed E-state index contributed by atoms with van der Waals surface area (Å²) in [6.45, 7) is 3.72. The molecule has 5 nitrogen and oxygen atoms in total. The van der Waals surface area contributed by atoms with Gasteiger partial charge < -0.3 is 9.47 Å². The molecule has 0 radical (unpaired) electrons. The highest BCUT2D eigenvalue weighted by Crippen LogP contribution is 2.29. The predicted octanol–water partition coefficient (Wildman–Crippen LogP) is 4.46. The maximum absolute atomic E-state index is 11.8. The Balaban J connectivity index is 2.26. The van der Waals surface area contributed by atoms with Gasteiger partial charge in [0.2, 0.25) is 5.91 Å². The molecule has 0 aliphatic carbocycles. The number of ether oxygens (including phenoxy) is 2. The minimum absolute atomic E-state index is 0.0650. The average molecular weight is 346 g/mol. The molecule has 0 atom stereocenters. The Bertz CT molecular complexity index is 556. The van der Waals surface area contributed by atoms with Crippen LogP contribution < -0.4 is 14.9 Å². The number of benzene rings is 1. The van der Waals surface area contributed by atoms with E-state index in [0.717, 1.165) is 24.8 Å². The second kappa shape index (κ2) is 13.0. The maximum Gasteiger partial charge on any atom is 0.240 e. The fraction of sp³-hybridized carbons (Fsp3) is 0.500. The minimum Gasteiger partial charge on any atom is -0.493 e. The first kappa shape index (κ1) is 20.7. The van der Waals surface area contributed by atoms with E-state index < -0.39 is 0 Å². The van der Waals surface area contributed by atoms with Crippen LogP contribution in [0.1, 0.15) is 56.9 Å². The standard InChI is InChI=1S/C20H30N2O3/c1-4-5-6-7-8-9-10-11-15-19(23)22-21-16-17-13-12-14-18(24-2)20(17)25-3/h4,12-14,16H,1,5-11,15H2,2-3H3,(H,22,23)/b21-16-. The summed E-state index contributed by atoms with van der Waals surface area (Å²) in [5.74, 6) is 1.16. The van der Waals surface area contributed by atoms with Crippen molar-refractivity contribution in [3.8, 4) is 11.5 Å². The fourth-order valence-electron chi connectivity index (χ4n) is 2.52. The Labute approximate surface area is 151 Å². The van der Waals surface area contributed by atoms with Crippen molar-refractivity contribution in [1.29, 1.82) is 0 Å². The number of amides is 1. The molecule has 25 heavy (non-hydrogen) atoms. The molecule has 5 heteroatoms. The highest BCUT2D eigenvalue weighted by Gasteiger charge is 2.07. The van der Waals surface area contributed by atoms with E-state index in [4.69, 9.17) is 9.47 Å². The Morgan fingerprint density at radius 1 is 1.12 bits per heavy atom. The van der Waals surface area contributed by atoms with Gasteiger partial charge in [-0.25, -0.2) is 5.43 Å². The van der Waals surface area contributed by atoms with E-state index in [2.05, 4.69) is 17.1 Å². The summed E-state index contributed by atoms with van der Waals surface area (Å²) in [4.78, 5) is 11.8. The number of nitrogens with one attached hydrogen (secondary N) is 1. The number of hydrogen-bond donors (Lipinski definition) is 1. The van der Waals surface area contributed by atoms with Gasteiger partial charge in [-0.15, -0.1) is 6.58 Å². The normalized spacial score (nSPS) is 10.6. The van der Waals surface area contributed by atoms with E-state index in [1.807, 2.05) is 24.3 Å². The monoisotopic (exact) mass is 346 g/mol. The molecule has 1 aromatic carbocycles. The quantitative estimate of drug-likeness (QED) is 0.248. The van der Waals surface area contributed by atoms with Gasteiger partial charge in [0.15, 0.2) is 11.5 Å². The molecule has 0 fully saturated rings. The van der Waals surface area contributed by atoms with E-state index in [-0.39, 0.29) is 5.91 Å². The maximum atomic E-state index is 11.8. The molecule has 0 bridgehead atoms. The van der Waals surface area contributed by atoms with Crippen molar-refractivity contribution >= 4 is 12.1 Å². The zero-order valence-corrected chi connectivity index (χ0v) is 15.4. The van der Waals surface area contributed by atoms with Crippen LogP contribution in [0.25, 0.3) is 0 Å². The molecular weight excluding hydrogens is 316 g/mol. The number of carbonyl (C=O) groups is 1. The Morgan fingerprint density at radius 3 is 2.52 bits per heavy atom. The smallest absolute Gasteiger partial charge is 0.240 e. The van der Waals surface area contributed by atoms with Gasteiger partial charge in [-0.05, 0) is 31.4 Å². The lowest BCUT2D eigenvalue weighted by Crippen LogP contribution is -2.17. The van der Waals surface area contributed by atoms with Crippen LogP contribution in [0.5, 0.6) is 11.5 Å². The van der Waals surface area contributed by atoms with Crippen molar-refractivity contribution in [3.63, 3.8) is 0 Å². The number of hydrazone groups is 1. The molecule has 0 unspecified atom stereocenters. The van der Waals surface area contributed by atoms with Crippen LogP contribution >= 0.6 is 0 Å². The molecule has 0 spiro atoms. The Hall–Kier alpha value is -2.30. The van der Waals surface area contributed by atoms with Crippen molar-refractivity contribution in [2.75, 3.05) is 14.2 Å². The highest BCUT2D eigenvalue weighted by molar-refractivity contribution is 5.86. The van der Waals surface area contributed by atoms with Crippen LogP contribution in [0.4, 0.5) is 0 Å². The first-order chi connectivity index (χ1) is 12.2. The van der Waals surface area contributed by atoms with Gasteiger partial charge in [-0.1, -0.05) is 37.8 Å². The third-order valence-electron chi connectivity index (χ3n) is 3.89. The van der Waals surface area contributed by atoms with Gasteiger partial charge >= 0.3 is 0 Å². The van der Waals surface area contributed by atoms with Crippen molar-refractivity contribution < 1.29 is 14.3 Å². The molecule has 0 aromatic heterocycles. The Kier molecular flexibility index (Phi) is 10.8. The number of methoxy groups -OCH3 is 2. The molecule has 0 saturated carbocycles. The number of carbonyl (C=O) groups excluding carboxylic acids is 1. The molecule has 1 N–H and O–H groups in total. The summed E-state index contributed by atoms with van der Waals surface area (Å²) in [7, 11) is 3.16. The van der Waals surface area contributed by atoms with Crippen LogP contribution in [0.3, 0.4) is 0 Å². The van der Waals surface area contributed by atoms with Gasteiger partial charge in [0.05, 0.1) is 20.4 Å². The lowest BCUT2D eigenvalue weighted by atomic mass is 10.1. The van der Waals surface area contributed by atoms with E-state index in [1.165, 1.54) is 25.7 Å². The second-order valence-corrected chi connectivity index (χ2v) is 5.82. The zero-order valence-electron chi connectivity index (χ0n) is 15.4. The van der Waals surface area contributed by atoms with E-state index in [1.54, 1.807) is 20.4 Å². The number of para-hydroxylation sites is 1. The van der Waals surface area contributed by atoms with Crippen LogP contribution in [0.2, 0.25) is 0 Å². The highest BCUT2D eigenvalue weighted by atomic mass is 16.5. The molecular formula is C20H30N2O3. The molecule has 0 saturated heterocycles. The summed E-state index contributed by atoms with van der Waals surface area (Å²) in [5, 5.41) is 4.00. The van der Waals surface area contributed by atoms with Gasteiger partial charge in [-0.2, -0.15) is 5.10 Å². The van der Waals surface area contributed by atoms with Gasteiger partial charge in [0, 0.05) is 12.0 Å². The first-order valence-electron chi connectivity index (χ1n) is 8.86. The van der Waals surface area contributed by atoms with Crippen LogP contribution in [0, 0.1) is 0 Å². The van der Waals surface area contributed by atoms with Crippen LogP contribution in [0.15, 0.2) is 36.0 Å². The largest absolute Gasteiger partial charge is 0.493 e. The molecule has 1 amide bonds. The van der Waals surface area contributed by atoms with Crippen molar-refractivity contribution in [1.82, 2.24) is 5.43 Å². The number of allylic oxidation sites excluding steroid dienone is 1. The van der Waals surface area contributed by atoms with Crippen LogP contribution in [-0.2, 0) is 4.79 Å². The van der Waals surface area contributed by atoms with Crippen molar-refractivity contribution in [2.45, 2.75) is 51.4 Å². The SMILES string of the molecule is C=CCCCCCCCCC(=O)N/N=C\c1cccc(OC)c1OC. The average Bonchev–Trinajstić information content (AvgIpc) is 2.63. The van der Waals surface area contributed by atoms with Crippen molar-refractivity contribution in [2.24, 2.45) is 5.10 Å². The van der Waals surface area contributed by atoms with Gasteiger partial charge in [0.25, 0.3) is 0 Å². The third-order valence-corrected chi connectivity index (χ3v) is 3.89. The molecule has 138 valence electrons. The second-order valence-electron chi connectivity index (χ2n) is 5.82. The summed E-state index contributed by atoms with van der Waals surface area (Å²) in [6.07, 6.45) is 12.0. The van der Waals surface area contributed by atoms with E-state index in [0.29, 0.717) is 17.9 Å². The zero-order chi connectivity index (χ0) is 18.3. The molecule has 0 aliphatic rings. The predicted molar refractivity (Wildman–Crippen MR) is 102 cm³/mol. The third kappa shape index (κ3) is 8.38. The molecule has 1 rings (SSSR count). The molecule has 1 aromatic rings. The Morgan fingerprint density at radius 2 is 1.84 bits per heavy atom. The van der Waals surface area contributed by atoms with Crippen molar-refractivity contribution in [3.05, 3.63) is 36.4 Å². The first-order valence-corrected chi connectivity index (χ1v) is 8.86. The lowest BCUT2D eigenvalue weighted by molar-refractivity contribution is -0.121. The minimum atomic E-state index is -0.0650. The number of unbranched alkanes of at least 4 members (excludes halogenated alkanes) is 6. The fourth-order valence-corrected chi connectivity index (χ4v) is 2.52. The summed E-state index contributed by atoms with van der Waals surface area (Å²) < 4.78 is 10.5. The van der Waals surface area contributed by atoms with Crippen LogP contribution in [-0.4, -0.2) is 26.3 Å². The van der Waals surface area contributed by atoms with Gasteiger partial charge in [0.1, 0.15) is 0 Å². The topological polar surface area (TPSA) is 59.9 Å². The van der Waals surface area contributed by atoms with E-state index in [9.17, 15) is 4.79 Å². The molecule has 0 heterocycles. The van der Waals surface area contributed by atoms with Gasteiger partial charge in [-0.3, -0.25) is 4.79 Å². The lowest BCUT2D eigenvalue weighted by Gasteiger charge is -2.09. The number of rotatable bonds is 13. The summed E-state index contributed by atoms with van der Waals surface area (Å²) in [6, 6.07) is 5.51. The number of hydrogen-bond acceptors (Lipinski definition) is 4. The molecule has 0 aliphatic heterocycles.